The molecule has 1 fully saturated rings. The van der Waals surface area contributed by atoms with Crippen LogP contribution in [-0.2, 0) is 6.54 Å². The standard InChI is InChI=1S/C14H21F3N4/c1-10-7-11(2)19-13(12(10)8-18)21-5-3-20(4-6-21)9-14(15,16)17/h7H,3-6,8-9,18H2,1-2H3. The van der Waals surface area contributed by atoms with Crippen LogP contribution < -0.4 is 10.6 Å². The summed E-state index contributed by atoms with van der Waals surface area (Å²) in [6, 6.07) is 1.98. The van der Waals surface area contributed by atoms with E-state index < -0.39 is 12.7 Å². The van der Waals surface area contributed by atoms with Gasteiger partial charge in [-0.15, -0.1) is 0 Å². The molecule has 1 aromatic heterocycles. The van der Waals surface area contributed by atoms with Crippen LogP contribution in [-0.4, -0.2) is 48.8 Å². The number of nitrogens with zero attached hydrogens (tertiary/aromatic N) is 3. The van der Waals surface area contributed by atoms with E-state index >= 15 is 0 Å². The summed E-state index contributed by atoms with van der Waals surface area (Å²) in [6.45, 7) is 5.30. The van der Waals surface area contributed by atoms with Gasteiger partial charge in [0.05, 0.1) is 6.54 Å². The highest BCUT2D eigenvalue weighted by Gasteiger charge is 2.32. The molecule has 2 rings (SSSR count). The van der Waals surface area contributed by atoms with Gasteiger partial charge in [0.2, 0.25) is 0 Å². The Morgan fingerprint density at radius 2 is 1.81 bits per heavy atom. The van der Waals surface area contributed by atoms with Gasteiger partial charge in [-0.25, -0.2) is 4.98 Å². The molecular weight excluding hydrogens is 281 g/mol. The Morgan fingerprint density at radius 3 is 2.33 bits per heavy atom. The average molecular weight is 302 g/mol. The Labute approximate surface area is 122 Å². The first-order chi connectivity index (χ1) is 9.80. The number of hydrogen-bond donors (Lipinski definition) is 1. The van der Waals surface area contributed by atoms with Crippen LogP contribution in [0.25, 0.3) is 0 Å². The van der Waals surface area contributed by atoms with Gasteiger partial charge in [-0.1, -0.05) is 0 Å². The van der Waals surface area contributed by atoms with Crippen molar-refractivity contribution in [3.63, 3.8) is 0 Å². The lowest BCUT2D eigenvalue weighted by atomic mass is 10.1. The van der Waals surface area contributed by atoms with Crippen LogP contribution in [0.3, 0.4) is 0 Å². The number of alkyl halides is 3. The minimum Gasteiger partial charge on any atom is -0.354 e. The summed E-state index contributed by atoms with van der Waals surface area (Å²) < 4.78 is 37.2. The SMILES string of the molecule is Cc1cc(C)c(CN)c(N2CCN(CC(F)(F)F)CC2)n1. The second-order valence-electron chi connectivity index (χ2n) is 5.47. The van der Waals surface area contributed by atoms with E-state index in [2.05, 4.69) is 4.98 Å². The summed E-state index contributed by atoms with van der Waals surface area (Å²) >= 11 is 0. The van der Waals surface area contributed by atoms with Crippen LogP contribution in [0.4, 0.5) is 19.0 Å². The smallest absolute Gasteiger partial charge is 0.354 e. The summed E-state index contributed by atoms with van der Waals surface area (Å²) in [5.74, 6) is 0.821. The van der Waals surface area contributed by atoms with E-state index in [1.165, 1.54) is 4.90 Å². The quantitative estimate of drug-likeness (QED) is 0.925. The number of rotatable bonds is 3. The zero-order valence-electron chi connectivity index (χ0n) is 12.4. The second-order valence-corrected chi connectivity index (χ2v) is 5.47. The predicted molar refractivity (Wildman–Crippen MR) is 76.3 cm³/mol. The number of nitrogens with two attached hydrogens (primary N) is 1. The third-order valence-corrected chi connectivity index (χ3v) is 3.73. The maximum atomic E-state index is 12.4. The first kappa shape index (κ1) is 16.0. The number of anilines is 1. The van der Waals surface area contributed by atoms with Crippen molar-refractivity contribution in [3.8, 4) is 0 Å². The summed E-state index contributed by atoms with van der Waals surface area (Å²) in [5.41, 5.74) is 8.75. The molecule has 0 unspecified atom stereocenters. The van der Waals surface area contributed by atoms with Crippen molar-refractivity contribution in [2.75, 3.05) is 37.6 Å². The van der Waals surface area contributed by atoms with Gasteiger partial charge in [0.1, 0.15) is 5.82 Å². The van der Waals surface area contributed by atoms with E-state index in [-0.39, 0.29) is 0 Å². The Balaban J connectivity index is 2.09. The molecule has 21 heavy (non-hydrogen) atoms. The number of halogens is 3. The van der Waals surface area contributed by atoms with Crippen LogP contribution in [0.2, 0.25) is 0 Å². The van der Waals surface area contributed by atoms with E-state index in [0.29, 0.717) is 32.7 Å². The maximum Gasteiger partial charge on any atom is 0.401 e. The molecule has 1 saturated heterocycles. The lowest BCUT2D eigenvalue weighted by molar-refractivity contribution is -0.146. The van der Waals surface area contributed by atoms with E-state index in [1.54, 1.807) is 0 Å². The lowest BCUT2D eigenvalue weighted by Crippen LogP contribution is -2.49. The highest BCUT2D eigenvalue weighted by molar-refractivity contribution is 5.52. The molecule has 0 aliphatic carbocycles. The number of aryl methyl sites for hydroxylation is 2. The topological polar surface area (TPSA) is 45.4 Å². The fourth-order valence-corrected chi connectivity index (χ4v) is 2.73. The van der Waals surface area contributed by atoms with Gasteiger partial charge in [0.15, 0.2) is 0 Å². The Hall–Kier alpha value is -1.34. The second kappa shape index (κ2) is 6.19. The van der Waals surface area contributed by atoms with Crippen LogP contribution in [0.5, 0.6) is 0 Å². The van der Waals surface area contributed by atoms with Crippen molar-refractivity contribution >= 4 is 5.82 Å². The molecule has 2 N–H and O–H groups in total. The zero-order valence-corrected chi connectivity index (χ0v) is 12.4. The first-order valence-electron chi connectivity index (χ1n) is 7.01. The minimum absolute atomic E-state index is 0.386. The Kier molecular flexibility index (Phi) is 4.73. The lowest BCUT2D eigenvalue weighted by Gasteiger charge is -2.36. The number of piperazine rings is 1. The van der Waals surface area contributed by atoms with Crippen molar-refractivity contribution < 1.29 is 13.2 Å². The number of pyridine rings is 1. The molecule has 2 heterocycles. The van der Waals surface area contributed by atoms with Gasteiger partial charge in [-0.2, -0.15) is 13.2 Å². The fourth-order valence-electron chi connectivity index (χ4n) is 2.73. The summed E-state index contributed by atoms with van der Waals surface area (Å²) in [6.07, 6.45) is -4.14. The Bertz CT molecular complexity index is 494. The van der Waals surface area contributed by atoms with Crippen LogP contribution in [0.1, 0.15) is 16.8 Å². The van der Waals surface area contributed by atoms with Gasteiger partial charge in [0.25, 0.3) is 0 Å². The van der Waals surface area contributed by atoms with Gasteiger partial charge >= 0.3 is 6.18 Å². The summed E-state index contributed by atoms with van der Waals surface area (Å²) in [5, 5.41) is 0. The van der Waals surface area contributed by atoms with E-state index in [4.69, 9.17) is 5.73 Å². The van der Waals surface area contributed by atoms with Crippen molar-refractivity contribution in [1.82, 2.24) is 9.88 Å². The van der Waals surface area contributed by atoms with Crippen LogP contribution in [0, 0.1) is 13.8 Å². The molecule has 0 saturated carbocycles. The predicted octanol–water partition coefficient (Wildman–Crippen LogP) is 1.84. The summed E-state index contributed by atoms with van der Waals surface area (Å²) in [7, 11) is 0. The number of aromatic nitrogens is 1. The average Bonchev–Trinajstić information content (AvgIpc) is 2.37. The van der Waals surface area contributed by atoms with Gasteiger partial charge in [-0.05, 0) is 25.5 Å². The van der Waals surface area contributed by atoms with Gasteiger partial charge < -0.3 is 10.6 Å². The molecule has 0 bridgehead atoms. The Morgan fingerprint density at radius 1 is 1.19 bits per heavy atom. The molecule has 0 aromatic carbocycles. The normalized spacial score (nSPS) is 17.3. The molecular formula is C14H21F3N4. The summed E-state index contributed by atoms with van der Waals surface area (Å²) in [4.78, 5) is 8.00. The van der Waals surface area contributed by atoms with Crippen molar-refractivity contribution in [1.29, 1.82) is 0 Å². The van der Waals surface area contributed by atoms with Crippen LogP contribution >= 0.6 is 0 Å². The molecule has 4 nitrogen and oxygen atoms in total. The molecule has 0 radical (unpaired) electrons. The van der Waals surface area contributed by atoms with E-state index in [1.807, 2.05) is 24.8 Å². The largest absolute Gasteiger partial charge is 0.401 e. The zero-order chi connectivity index (χ0) is 15.6. The molecule has 0 amide bonds. The molecule has 0 spiro atoms. The number of hydrogen-bond acceptors (Lipinski definition) is 4. The highest BCUT2D eigenvalue weighted by Crippen LogP contribution is 2.24. The molecule has 1 aliphatic rings. The van der Waals surface area contributed by atoms with Crippen molar-refractivity contribution in [2.24, 2.45) is 5.73 Å². The third-order valence-electron chi connectivity index (χ3n) is 3.73. The first-order valence-corrected chi connectivity index (χ1v) is 7.01. The van der Waals surface area contributed by atoms with Gasteiger partial charge in [-0.3, -0.25) is 4.90 Å². The minimum atomic E-state index is -4.14. The van der Waals surface area contributed by atoms with E-state index in [9.17, 15) is 13.2 Å². The fraction of sp³-hybridized carbons (Fsp3) is 0.643. The highest BCUT2D eigenvalue weighted by atomic mass is 19.4. The van der Waals surface area contributed by atoms with Crippen molar-refractivity contribution in [2.45, 2.75) is 26.6 Å². The monoisotopic (exact) mass is 302 g/mol. The van der Waals surface area contributed by atoms with Crippen LogP contribution in [0.15, 0.2) is 6.07 Å². The van der Waals surface area contributed by atoms with Gasteiger partial charge in [0, 0.05) is 44.0 Å². The maximum absolute atomic E-state index is 12.4. The van der Waals surface area contributed by atoms with E-state index in [0.717, 1.165) is 22.6 Å². The molecule has 118 valence electrons. The molecule has 1 aliphatic heterocycles. The van der Waals surface area contributed by atoms with Crippen molar-refractivity contribution in [3.05, 3.63) is 22.9 Å². The molecule has 1 aromatic rings. The third kappa shape index (κ3) is 4.07. The molecule has 7 heteroatoms. The molecule has 0 atom stereocenters.